The van der Waals surface area contributed by atoms with Crippen LogP contribution in [-0.4, -0.2) is 38.0 Å². The molecule has 0 fully saturated rings. The lowest BCUT2D eigenvalue weighted by atomic mass is 10.1. The number of hydrogen-bond acceptors (Lipinski definition) is 3. The fraction of sp³-hybridized carbons (Fsp3) is 0.435. The molecular formula is C23H33NO4Si. The molecule has 1 amide bonds. The highest BCUT2D eigenvalue weighted by Crippen LogP contribution is 2.37. The van der Waals surface area contributed by atoms with Crippen LogP contribution in [0.25, 0.3) is 0 Å². The molecule has 0 aliphatic carbocycles. The number of carboxylic acid groups (broad SMARTS) is 1. The van der Waals surface area contributed by atoms with Gasteiger partial charge in [-0.1, -0.05) is 63.2 Å². The van der Waals surface area contributed by atoms with E-state index in [0.29, 0.717) is 12.4 Å². The summed E-state index contributed by atoms with van der Waals surface area (Å²) < 4.78 is 12.5. The van der Waals surface area contributed by atoms with E-state index in [9.17, 15) is 9.90 Å². The van der Waals surface area contributed by atoms with Crippen LogP contribution in [0.2, 0.25) is 18.1 Å². The van der Waals surface area contributed by atoms with Crippen molar-refractivity contribution in [2.24, 2.45) is 0 Å². The van der Waals surface area contributed by atoms with Crippen molar-refractivity contribution in [1.29, 1.82) is 0 Å². The number of likely N-dealkylation sites (N-methyl/N-ethyl adjacent to an activating group) is 1. The normalized spacial score (nSPS) is 13.0. The molecule has 1 atom stereocenters. The average molecular weight is 416 g/mol. The van der Waals surface area contributed by atoms with Gasteiger partial charge in [-0.05, 0) is 41.4 Å². The van der Waals surface area contributed by atoms with Gasteiger partial charge in [0, 0.05) is 7.05 Å². The average Bonchev–Trinajstić information content (AvgIpc) is 2.66. The standard InChI is InChI=1S/C23H33NO4Si/c1-23(2,3)29(5,6)27-17-18-11-10-14-20(15-18)28-21(16-24(4)22(25)26)19-12-8-7-9-13-19/h7-15,21H,16-17H2,1-6H3,(H,25,26). The summed E-state index contributed by atoms with van der Waals surface area (Å²) in [7, 11) is -0.290. The van der Waals surface area contributed by atoms with Crippen LogP contribution in [0.5, 0.6) is 5.75 Å². The first-order chi connectivity index (χ1) is 13.5. The number of benzene rings is 2. The van der Waals surface area contributed by atoms with E-state index in [4.69, 9.17) is 9.16 Å². The lowest BCUT2D eigenvalue weighted by Crippen LogP contribution is -2.40. The summed E-state index contributed by atoms with van der Waals surface area (Å²) in [6.07, 6.45) is -1.38. The topological polar surface area (TPSA) is 59.0 Å². The molecular weight excluding hydrogens is 382 g/mol. The smallest absolute Gasteiger partial charge is 0.407 e. The Kier molecular flexibility index (Phi) is 7.49. The molecule has 0 aliphatic rings. The maximum Gasteiger partial charge on any atom is 0.407 e. The van der Waals surface area contributed by atoms with Crippen molar-refractivity contribution in [2.75, 3.05) is 13.6 Å². The van der Waals surface area contributed by atoms with E-state index in [0.717, 1.165) is 11.1 Å². The van der Waals surface area contributed by atoms with Gasteiger partial charge in [0.05, 0.1) is 13.2 Å². The van der Waals surface area contributed by atoms with E-state index >= 15 is 0 Å². The van der Waals surface area contributed by atoms with Gasteiger partial charge in [-0.3, -0.25) is 0 Å². The quantitative estimate of drug-likeness (QED) is 0.542. The highest BCUT2D eigenvalue weighted by Gasteiger charge is 2.37. The highest BCUT2D eigenvalue weighted by atomic mass is 28.4. The summed E-state index contributed by atoms with van der Waals surface area (Å²) in [4.78, 5) is 12.5. The molecule has 0 radical (unpaired) electrons. The molecule has 0 saturated carbocycles. The summed E-state index contributed by atoms with van der Waals surface area (Å²) in [5.74, 6) is 0.703. The fourth-order valence-electron chi connectivity index (χ4n) is 2.56. The third-order valence-electron chi connectivity index (χ3n) is 5.52. The minimum absolute atomic E-state index is 0.154. The van der Waals surface area contributed by atoms with Crippen molar-refractivity contribution in [1.82, 2.24) is 4.90 Å². The first kappa shape index (κ1) is 23.0. The van der Waals surface area contributed by atoms with Crippen LogP contribution in [0, 0.1) is 0 Å². The maximum atomic E-state index is 11.3. The Morgan fingerprint density at radius 2 is 1.76 bits per heavy atom. The second-order valence-electron chi connectivity index (χ2n) is 8.88. The second-order valence-corrected chi connectivity index (χ2v) is 13.7. The minimum Gasteiger partial charge on any atom is -0.484 e. The maximum absolute atomic E-state index is 11.3. The molecule has 2 aromatic rings. The van der Waals surface area contributed by atoms with E-state index in [2.05, 4.69) is 33.9 Å². The van der Waals surface area contributed by atoms with Crippen molar-refractivity contribution in [3.8, 4) is 5.75 Å². The second kappa shape index (κ2) is 9.46. The summed E-state index contributed by atoms with van der Waals surface area (Å²) in [6, 6.07) is 17.5. The molecule has 0 aromatic heterocycles. The van der Waals surface area contributed by atoms with Crippen molar-refractivity contribution in [2.45, 2.75) is 51.6 Å². The van der Waals surface area contributed by atoms with Gasteiger partial charge >= 0.3 is 6.09 Å². The van der Waals surface area contributed by atoms with Gasteiger partial charge in [-0.2, -0.15) is 0 Å². The lowest BCUT2D eigenvalue weighted by Gasteiger charge is -2.36. The summed E-state index contributed by atoms with van der Waals surface area (Å²) in [5, 5.41) is 9.41. The fourth-order valence-corrected chi connectivity index (χ4v) is 3.52. The largest absolute Gasteiger partial charge is 0.484 e. The zero-order valence-corrected chi connectivity index (χ0v) is 19.3. The summed E-state index contributed by atoms with van der Waals surface area (Å²) in [5.41, 5.74) is 1.98. The molecule has 2 aromatic carbocycles. The zero-order chi connectivity index (χ0) is 21.7. The molecule has 0 spiro atoms. The van der Waals surface area contributed by atoms with E-state index in [1.54, 1.807) is 7.05 Å². The molecule has 2 rings (SSSR count). The number of rotatable bonds is 8. The van der Waals surface area contributed by atoms with E-state index < -0.39 is 20.5 Å². The molecule has 0 saturated heterocycles. The van der Waals surface area contributed by atoms with Gasteiger partial charge in [-0.15, -0.1) is 0 Å². The van der Waals surface area contributed by atoms with Crippen LogP contribution >= 0.6 is 0 Å². The Bertz CT molecular complexity index is 802. The van der Waals surface area contributed by atoms with E-state index in [1.807, 2.05) is 54.6 Å². The van der Waals surface area contributed by atoms with Gasteiger partial charge in [0.25, 0.3) is 0 Å². The molecule has 0 aliphatic heterocycles. The van der Waals surface area contributed by atoms with Crippen molar-refractivity contribution in [3.63, 3.8) is 0 Å². The van der Waals surface area contributed by atoms with Crippen molar-refractivity contribution < 1.29 is 19.1 Å². The molecule has 6 heteroatoms. The van der Waals surface area contributed by atoms with E-state index in [1.165, 1.54) is 4.90 Å². The molecule has 158 valence electrons. The molecule has 0 bridgehead atoms. The molecule has 29 heavy (non-hydrogen) atoms. The van der Waals surface area contributed by atoms with Gasteiger partial charge in [0.15, 0.2) is 8.32 Å². The number of carbonyl (C=O) groups is 1. The predicted molar refractivity (Wildman–Crippen MR) is 119 cm³/mol. The van der Waals surface area contributed by atoms with Gasteiger partial charge < -0.3 is 19.2 Å². The first-order valence-corrected chi connectivity index (χ1v) is 12.8. The number of hydrogen-bond donors (Lipinski definition) is 1. The van der Waals surface area contributed by atoms with Crippen LogP contribution in [0.15, 0.2) is 54.6 Å². The van der Waals surface area contributed by atoms with Crippen LogP contribution in [0.4, 0.5) is 4.79 Å². The Balaban J connectivity index is 2.15. The third kappa shape index (κ3) is 6.61. The SMILES string of the molecule is CN(CC(Oc1cccc(CO[Si](C)(C)C(C)(C)C)c1)c1ccccc1)C(=O)O. The van der Waals surface area contributed by atoms with E-state index in [-0.39, 0.29) is 11.6 Å². The van der Waals surface area contributed by atoms with Crippen LogP contribution < -0.4 is 4.74 Å². The minimum atomic E-state index is -1.84. The lowest BCUT2D eigenvalue weighted by molar-refractivity contribution is 0.120. The summed E-state index contributed by atoms with van der Waals surface area (Å²) >= 11 is 0. The Morgan fingerprint density at radius 1 is 1.10 bits per heavy atom. The monoisotopic (exact) mass is 415 g/mol. The van der Waals surface area contributed by atoms with Gasteiger partial charge in [0.1, 0.15) is 11.9 Å². The molecule has 0 heterocycles. The molecule has 1 N–H and O–H groups in total. The Morgan fingerprint density at radius 3 is 2.34 bits per heavy atom. The van der Waals surface area contributed by atoms with Gasteiger partial charge in [-0.25, -0.2) is 4.79 Å². The predicted octanol–water partition coefficient (Wildman–Crippen LogP) is 5.94. The zero-order valence-electron chi connectivity index (χ0n) is 18.3. The number of amides is 1. The van der Waals surface area contributed by atoms with Crippen molar-refractivity contribution in [3.05, 3.63) is 65.7 Å². The number of ether oxygens (including phenoxy) is 1. The number of nitrogens with zero attached hydrogens (tertiary/aromatic N) is 1. The molecule has 1 unspecified atom stereocenters. The Hall–Kier alpha value is -2.31. The Labute approximate surface area is 175 Å². The van der Waals surface area contributed by atoms with Crippen LogP contribution in [0.3, 0.4) is 0 Å². The summed E-state index contributed by atoms with van der Waals surface area (Å²) in [6.45, 7) is 11.9. The first-order valence-electron chi connectivity index (χ1n) is 9.88. The molecule has 5 nitrogen and oxygen atoms in total. The van der Waals surface area contributed by atoms with Gasteiger partial charge in [0.2, 0.25) is 0 Å². The van der Waals surface area contributed by atoms with Crippen LogP contribution in [-0.2, 0) is 11.0 Å². The third-order valence-corrected chi connectivity index (χ3v) is 10.00. The highest BCUT2D eigenvalue weighted by molar-refractivity contribution is 6.74. The van der Waals surface area contributed by atoms with Crippen molar-refractivity contribution >= 4 is 14.4 Å². The van der Waals surface area contributed by atoms with Crippen LogP contribution in [0.1, 0.15) is 38.0 Å².